The van der Waals surface area contributed by atoms with Crippen LogP contribution in [0.4, 0.5) is 0 Å². The van der Waals surface area contributed by atoms with Gasteiger partial charge >= 0.3 is 0 Å². The monoisotopic (exact) mass is 238 g/mol. The highest BCUT2D eigenvalue weighted by molar-refractivity contribution is 4.93. The molecular formula is C13H26N4. The fraction of sp³-hybridized carbons (Fsp3) is 0.846. The fourth-order valence-electron chi connectivity index (χ4n) is 1.68. The van der Waals surface area contributed by atoms with Crippen molar-refractivity contribution in [1.82, 2.24) is 20.3 Å². The molecule has 98 valence electrons. The number of hydrogen-bond donors (Lipinski definition) is 1. The lowest BCUT2D eigenvalue weighted by Gasteiger charge is -2.19. The van der Waals surface area contributed by atoms with Gasteiger partial charge in [0.15, 0.2) is 0 Å². The molecule has 0 amide bonds. The van der Waals surface area contributed by atoms with Crippen LogP contribution in [0.5, 0.6) is 0 Å². The molecule has 1 rings (SSSR count). The summed E-state index contributed by atoms with van der Waals surface area (Å²) >= 11 is 0. The third kappa shape index (κ3) is 5.31. The van der Waals surface area contributed by atoms with Gasteiger partial charge in [-0.25, -0.2) is 0 Å². The molecule has 0 aliphatic carbocycles. The van der Waals surface area contributed by atoms with Crippen molar-refractivity contribution < 1.29 is 0 Å². The van der Waals surface area contributed by atoms with Gasteiger partial charge in [0.2, 0.25) is 0 Å². The van der Waals surface area contributed by atoms with Gasteiger partial charge < -0.3 is 5.32 Å². The normalized spacial score (nSPS) is 12.4. The summed E-state index contributed by atoms with van der Waals surface area (Å²) in [7, 11) is 0. The highest BCUT2D eigenvalue weighted by Crippen LogP contribution is 2.10. The summed E-state index contributed by atoms with van der Waals surface area (Å²) in [6.45, 7) is 12.7. The number of nitrogens with zero attached hydrogens (tertiary/aromatic N) is 3. The molecule has 1 aromatic rings. The summed E-state index contributed by atoms with van der Waals surface area (Å²) in [5, 5.41) is 11.8. The van der Waals surface area contributed by atoms with E-state index in [1.165, 1.54) is 12.8 Å². The molecule has 1 aromatic heterocycles. The summed E-state index contributed by atoms with van der Waals surface area (Å²) in [6, 6.07) is 0. The van der Waals surface area contributed by atoms with Gasteiger partial charge in [0, 0.05) is 24.8 Å². The maximum Gasteiger partial charge on any atom is 0.0965 e. The van der Waals surface area contributed by atoms with Crippen molar-refractivity contribution in [1.29, 1.82) is 0 Å². The maximum absolute atomic E-state index is 4.19. The van der Waals surface area contributed by atoms with Crippen LogP contribution in [0, 0.1) is 5.92 Å². The first-order valence-corrected chi connectivity index (χ1v) is 6.58. The molecule has 0 unspecified atom stereocenters. The van der Waals surface area contributed by atoms with Crippen LogP contribution in [0.3, 0.4) is 0 Å². The highest BCUT2D eigenvalue weighted by Gasteiger charge is 2.11. The Morgan fingerprint density at radius 3 is 2.47 bits per heavy atom. The van der Waals surface area contributed by atoms with E-state index >= 15 is 0 Å². The van der Waals surface area contributed by atoms with Crippen LogP contribution < -0.4 is 5.32 Å². The largest absolute Gasteiger partial charge is 0.306 e. The van der Waals surface area contributed by atoms with Crippen molar-refractivity contribution in [2.75, 3.05) is 0 Å². The quantitative estimate of drug-likeness (QED) is 0.828. The Kier molecular flexibility index (Phi) is 5.12. The van der Waals surface area contributed by atoms with E-state index in [0.717, 1.165) is 18.8 Å². The molecule has 1 heterocycles. The third-order valence-corrected chi connectivity index (χ3v) is 2.99. The second kappa shape index (κ2) is 6.15. The van der Waals surface area contributed by atoms with Crippen LogP contribution in [0.15, 0.2) is 6.20 Å². The molecule has 0 aliphatic heterocycles. The molecule has 4 heteroatoms. The molecule has 17 heavy (non-hydrogen) atoms. The van der Waals surface area contributed by atoms with E-state index in [2.05, 4.69) is 56.4 Å². The fourth-order valence-corrected chi connectivity index (χ4v) is 1.68. The van der Waals surface area contributed by atoms with Gasteiger partial charge in [-0.3, -0.25) is 4.68 Å². The van der Waals surface area contributed by atoms with Crippen LogP contribution in [0.25, 0.3) is 0 Å². The van der Waals surface area contributed by atoms with Gasteiger partial charge in [0.25, 0.3) is 0 Å². The number of rotatable bonds is 6. The van der Waals surface area contributed by atoms with E-state index in [-0.39, 0.29) is 5.54 Å². The third-order valence-electron chi connectivity index (χ3n) is 2.99. The van der Waals surface area contributed by atoms with E-state index < -0.39 is 0 Å². The minimum atomic E-state index is 0.124. The van der Waals surface area contributed by atoms with Crippen LogP contribution in [-0.2, 0) is 13.1 Å². The molecule has 0 spiro atoms. The first kappa shape index (κ1) is 14.2. The Bertz CT molecular complexity index is 320. The molecule has 0 radical (unpaired) electrons. The first-order chi connectivity index (χ1) is 7.94. The van der Waals surface area contributed by atoms with Gasteiger partial charge in [-0.2, -0.15) is 0 Å². The highest BCUT2D eigenvalue weighted by atomic mass is 15.4. The second-order valence-corrected chi connectivity index (χ2v) is 5.72. The molecule has 0 aliphatic rings. The molecule has 0 bridgehead atoms. The number of aromatic nitrogens is 3. The second-order valence-electron chi connectivity index (χ2n) is 5.72. The Labute approximate surface area is 105 Å². The van der Waals surface area contributed by atoms with Gasteiger partial charge in [-0.1, -0.05) is 31.9 Å². The Hall–Kier alpha value is -0.900. The van der Waals surface area contributed by atoms with Gasteiger partial charge in [0.1, 0.15) is 0 Å². The summed E-state index contributed by atoms with van der Waals surface area (Å²) in [5.74, 6) is 0.708. The van der Waals surface area contributed by atoms with E-state index in [9.17, 15) is 0 Å². The topological polar surface area (TPSA) is 42.7 Å². The van der Waals surface area contributed by atoms with Crippen molar-refractivity contribution in [3.63, 3.8) is 0 Å². The van der Waals surface area contributed by atoms with E-state index in [1.54, 1.807) is 0 Å². The van der Waals surface area contributed by atoms with Crippen LogP contribution in [0.1, 0.15) is 53.2 Å². The Morgan fingerprint density at radius 1 is 1.29 bits per heavy atom. The van der Waals surface area contributed by atoms with E-state index in [4.69, 9.17) is 0 Å². The predicted molar refractivity (Wildman–Crippen MR) is 70.7 cm³/mol. The van der Waals surface area contributed by atoms with Crippen molar-refractivity contribution in [2.45, 2.75) is 66.1 Å². The Morgan fingerprint density at radius 2 is 1.94 bits per heavy atom. The summed E-state index contributed by atoms with van der Waals surface area (Å²) in [6.07, 6.45) is 4.45. The van der Waals surface area contributed by atoms with E-state index in [1.807, 2.05) is 4.68 Å². The number of hydrogen-bond acceptors (Lipinski definition) is 3. The minimum Gasteiger partial charge on any atom is -0.306 e. The molecular weight excluding hydrogens is 212 g/mol. The average Bonchev–Trinajstić information content (AvgIpc) is 2.70. The van der Waals surface area contributed by atoms with Crippen molar-refractivity contribution in [2.24, 2.45) is 5.92 Å². The first-order valence-electron chi connectivity index (χ1n) is 6.58. The standard InChI is InChI=1S/C13H26N4/c1-6-11(7-2)9-17-10-12(15-16-17)8-14-13(3,4)5/h10-11,14H,6-9H2,1-5H3. The lowest BCUT2D eigenvalue weighted by molar-refractivity contribution is 0.390. The molecule has 4 nitrogen and oxygen atoms in total. The summed E-state index contributed by atoms with van der Waals surface area (Å²) < 4.78 is 1.97. The maximum atomic E-state index is 4.19. The van der Waals surface area contributed by atoms with Crippen LogP contribution in [-0.4, -0.2) is 20.5 Å². The van der Waals surface area contributed by atoms with E-state index in [0.29, 0.717) is 5.92 Å². The Balaban J connectivity index is 2.48. The molecule has 0 fully saturated rings. The van der Waals surface area contributed by atoms with Crippen LogP contribution in [0.2, 0.25) is 0 Å². The van der Waals surface area contributed by atoms with Crippen molar-refractivity contribution in [3.05, 3.63) is 11.9 Å². The SMILES string of the molecule is CCC(CC)Cn1cc(CNC(C)(C)C)nn1. The lowest BCUT2D eigenvalue weighted by atomic mass is 10.0. The molecule has 0 aromatic carbocycles. The summed E-state index contributed by atoms with van der Waals surface area (Å²) in [4.78, 5) is 0. The average molecular weight is 238 g/mol. The zero-order chi connectivity index (χ0) is 12.9. The van der Waals surface area contributed by atoms with Gasteiger partial charge in [-0.15, -0.1) is 5.10 Å². The lowest BCUT2D eigenvalue weighted by Crippen LogP contribution is -2.35. The number of nitrogens with one attached hydrogen (secondary N) is 1. The molecule has 0 saturated carbocycles. The van der Waals surface area contributed by atoms with Crippen LogP contribution >= 0.6 is 0 Å². The van der Waals surface area contributed by atoms with Gasteiger partial charge in [0.05, 0.1) is 5.69 Å². The van der Waals surface area contributed by atoms with Crippen molar-refractivity contribution in [3.8, 4) is 0 Å². The smallest absolute Gasteiger partial charge is 0.0965 e. The molecule has 0 saturated heterocycles. The predicted octanol–water partition coefficient (Wildman–Crippen LogP) is 2.60. The van der Waals surface area contributed by atoms with Crippen molar-refractivity contribution >= 4 is 0 Å². The van der Waals surface area contributed by atoms with Gasteiger partial charge in [-0.05, 0) is 26.7 Å². The molecule has 0 atom stereocenters. The minimum absolute atomic E-state index is 0.124. The zero-order valence-corrected chi connectivity index (χ0v) is 11.8. The summed E-state index contributed by atoms with van der Waals surface area (Å²) in [5.41, 5.74) is 1.14. The zero-order valence-electron chi connectivity index (χ0n) is 11.8. The molecule has 1 N–H and O–H groups in total.